The molecular formula is C25H26FN7O4S. The number of nitrogens with zero attached hydrogens (tertiary/aromatic N) is 6. The number of nitrogens with one attached hydrogen (secondary N) is 1. The van der Waals surface area contributed by atoms with Crippen LogP contribution < -0.4 is 15.3 Å². The smallest absolute Gasteiger partial charge is 0.277 e. The van der Waals surface area contributed by atoms with Gasteiger partial charge in [-0.2, -0.15) is 0 Å². The highest BCUT2D eigenvalue weighted by Gasteiger charge is 2.26. The zero-order valence-corrected chi connectivity index (χ0v) is 21.4. The summed E-state index contributed by atoms with van der Waals surface area (Å²) in [5.74, 6) is -0.0308. The number of aliphatic hydroxyl groups is 1. The van der Waals surface area contributed by atoms with Gasteiger partial charge >= 0.3 is 0 Å². The molecule has 0 saturated carbocycles. The zero-order chi connectivity index (χ0) is 26.6. The Morgan fingerprint density at radius 2 is 2.08 bits per heavy atom. The van der Waals surface area contributed by atoms with Crippen molar-refractivity contribution >= 4 is 39.4 Å². The molecule has 11 nitrogen and oxygen atoms in total. The number of thiophene rings is 1. The van der Waals surface area contributed by atoms with Crippen LogP contribution in [0.1, 0.15) is 32.5 Å². The molecule has 198 valence electrons. The normalized spacial score (nSPS) is 15.6. The molecule has 1 fully saturated rings. The van der Waals surface area contributed by atoms with Crippen LogP contribution in [0.15, 0.2) is 42.9 Å². The van der Waals surface area contributed by atoms with Crippen LogP contribution in [0.2, 0.25) is 0 Å². The van der Waals surface area contributed by atoms with Gasteiger partial charge in [0.1, 0.15) is 11.9 Å². The van der Waals surface area contributed by atoms with E-state index in [2.05, 4.69) is 15.0 Å². The summed E-state index contributed by atoms with van der Waals surface area (Å²) in [4.78, 5) is 34.0. The molecule has 1 aliphatic rings. The summed E-state index contributed by atoms with van der Waals surface area (Å²) < 4.78 is 21.4. The number of rotatable bonds is 8. The van der Waals surface area contributed by atoms with E-state index in [0.717, 1.165) is 20.7 Å². The second kappa shape index (κ2) is 11.3. The molecule has 0 radical (unpaired) electrons. The number of morpholine rings is 1. The van der Waals surface area contributed by atoms with Gasteiger partial charge < -0.3 is 19.6 Å². The molecule has 1 amide bonds. The number of hydrogen-bond acceptors (Lipinski definition) is 11. The second-order valence-electron chi connectivity index (χ2n) is 8.84. The van der Waals surface area contributed by atoms with E-state index in [9.17, 15) is 14.3 Å². The average Bonchev–Trinajstić information content (AvgIpc) is 3.35. The fourth-order valence-electron chi connectivity index (χ4n) is 4.26. The number of halogens is 1. The van der Waals surface area contributed by atoms with Crippen molar-refractivity contribution in [3.8, 4) is 0 Å². The van der Waals surface area contributed by atoms with E-state index < -0.39 is 12.0 Å². The van der Waals surface area contributed by atoms with Crippen LogP contribution in [0.5, 0.6) is 0 Å². The molecule has 1 aromatic carbocycles. The van der Waals surface area contributed by atoms with Gasteiger partial charge in [-0.3, -0.25) is 10.0 Å². The number of aromatic nitrogens is 4. The molecule has 4 heterocycles. The number of carbonyl (C=O) groups is 1. The first-order valence-corrected chi connectivity index (χ1v) is 12.8. The van der Waals surface area contributed by atoms with Crippen molar-refractivity contribution in [1.82, 2.24) is 25.4 Å². The third kappa shape index (κ3) is 5.55. The number of ether oxygens (including phenoxy) is 1. The summed E-state index contributed by atoms with van der Waals surface area (Å²) in [5, 5.41) is 18.0. The molecule has 13 heteroatoms. The summed E-state index contributed by atoms with van der Waals surface area (Å²) in [6.07, 6.45) is 4.47. The molecule has 38 heavy (non-hydrogen) atoms. The first-order chi connectivity index (χ1) is 18.4. The minimum atomic E-state index is -0.676. The van der Waals surface area contributed by atoms with Crippen LogP contribution in [-0.2, 0) is 17.7 Å². The van der Waals surface area contributed by atoms with Crippen molar-refractivity contribution in [2.24, 2.45) is 0 Å². The molecule has 1 atom stereocenters. The maximum absolute atomic E-state index is 14.6. The minimum Gasteiger partial charge on any atom is -0.396 e. The van der Waals surface area contributed by atoms with Crippen molar-refractivity contribution < 1.29 is 24.2 Å². The lowest BCUT2D eigenvalue weighted by atomic mass is 10.0. The number of amides is 1. The van der Waals surface area contributed by atoms with Gasteiger partial charge in [0.25, 0.3) is 5.91 Å². The van der Waals surface area contributed by atoms with E-state index in [0.29, 0.717) is 50.1 Å². The Balaban J connectivity index is 1.30. The molecule has 3 aromatic heterocycles. The number of carbonyl (C=O) groups excluding carboxylic acids is 1. The minimum absolute atomic E-state index is 0.00233. The fraction of sp³-hybridized carbons (Fsp3) is 0.320. The standard InChI is InChI=1S/C25H26FN7O4S/c1-32(24-27-10-16(11-28-24)23(35)31-36)13-17-9-20-22(38-17)12-29-25(30-20)33-5-7-37-21(14-33)18-8-15(4-6-34)2-3-19(18)26/h2-3,8-12,21,34,36H,4-7,13-14H2,1H3,(H,31,35). The Morgan fingerprint density at radius 3 is 2.84 bits per heavy atom. The molecule has 3 N–H and O–H groups in total. The zero-order valence-electron chi connectivity index (χ0n) is 20.5. The van der Waals surface area contributed by atoms with E-state index in [1.807, 2.05) is 22.9 Å². The molecule has 1 unspecified atom stereocenters. The lowest BCUT2D eigenvalue weighted by Crippen LogP contribution is -2.39. The number of benzene rings is 1. The SMILES string of the molecule is CN(Cc1cc2nc(N3CCOC(c4cc(CCO)ccc4F)C3)ncc2s1)c1ncc(C(=O)NO)cn1. The highest BCUT2D eigenvalue weighted by molar-refractivity contribution is 7.19. The number of hydrogen-bond donors (Lipinski definition) is 3. The van der Waals surface area contributed by atoms with E-state index in [1.165, 1.54) is 18.5 Å². The molecule has 0 bridgehead atoms. The van der Waals surface area contributed by atoms with Gasteiger partial charge in [0.05, 0.1) is 41.7 Å². The lowest BCUT2D eigenvalue weighted by Gasteiger charge is -2.33. The molecule has 0 spiro atoms. The molecule has 1 aliphatic heterocycles. The Morgan fingerprint density at radius 1 is 1.26 bits per heavy atom. The first-order valence-electron chi connectivity index (χ1n) is 11.9. The van der Waals surface area contributed by atoms with Crippen LogP contribution in [0.3, 0.4) is 0 Å². The first kappa shape index (κ1) is 25.9. The third-order valence-corrected chi connectivity index (χ3v) is 7.25. The van der Waals surface area contributed by atoms with Crippen LogP contribution in [0.4, 0.5) is 16.3 Å². The Hall–Kier alpha value is -3.78. The topological polar surface area (TPSA) is 137 Å². The highest BCUT2D eigenvalue weighted by atomic mass is 32.1. The molecule has 0 aliphatic carbocycles. The molecular weight excluding hydrogens is 513 g/mol. The van der Waals surface area contributed by atoms with Crippen LogP contribution >= 0.6 is 11.3 Å². The van der Waals surface area contributed by atoms with Gasteiger partial charge in [0, 0.05) is 43.0 Å². The Kier molecular flexibility index (Phi) is 7.69. The summed E-state index contributed by atoms with van der Waals surface area (Å²) in [6.45, 7) is 1.92. The second-order valence-corrected chi connectivity index (χ2v) is 10.0. The monoisotopic (exact) mass is 539 g/mol. The van der Waals surface area contributed by atoms with Crippen LogP contribution in [-0.4, -0.2) is 69.5 Å². The number of hydroxylamine groups is 1. The van der Waals surface area contributed by atoms with Crippen molar-refractivity contribution in [3.05, 3.63) is 70.2 Å². The van der Waals surface area contributed by atoms with E-state index in [1.54, 1.807) is 35.1 Å². The van der Waals surface area contributed by atoms with Gasteiger partial charge in [-0.15, -0.1) is 11.3 Å². The maximum Gasteiger partial charge on any atom is 0.277 e. The predicted molar refractivity (Wildman–Crippen MR) is 139 cm³/mol. The van der Waals surface area contributed by atoms with Crippen molar-refractivity contribution in [2.75, 3.05) is 43.2 Å². The third-order valence-electron chi connectivity index (χ3n) is 6.20. The van der Waals surface area contributed by atoms with E-state index in [4.69, 9.17) is 14.9 Å². The van der Waals surface area contributed by atoms with E-state index >= 15 is 0 Å². The highest BCUT2D eigenvalue weighted by Crippen LogP contribution is 2.30. The quantitative estimate of drug-likeness (QED) is 0.226. The summed E-state index contributed by atoms with van der Waals surface area (Å²) in [6, 6.07) is 6.84. The molecule has 4 aromatic rings. The van der Waals surface area contributed by atoms with Crippen LogP contribution in [0.25, 0.3) is 10.2 Å². The van der Waals surface area contributed by atoms with Crippen molar-refractivity contribution in [2.45, 2.75) is 19.1 Å². The summed E-state index contributed by atoms with van der Waals surface area (Å²) in [7, 11) is 1.84. The molecule has 1 saturated heterocycles. The van der Waals surface area contributed by atoms with Gasteiger partial charge in [-0.05, 0) is 24.1 Å². The van der Waals surface area contributed by atoms with Crippen molar-refractivity contribution in [3.63, 3.8) is 0 Å². The van der Waals surface area contributed by atoms with Crippen molar-refractivity contribution in [1.29, 1.82) is 0 Å². The van der Waals surface area contributed by atoms with Gasteiger partial charge in [0.15, 0.2) is 0 Å². The van der Waals surface area contributed by atoms with E-state index in [-0.39, 0.29) is 18.0 Å². The number of anilines is 2. The number of aliphatic hydroxyl groups excluding tert-OH is 1. The van der Waals surface area contributed by atoms with Crippen LogP contribution in [0, 0.1) is 5.82 Å². The summed E-state index contributed by atoms with van der Waals surface area (Å²) in [5.41, 5.74) is 3.83. The maximum atomic E-state index is 14.6. The Labute approximate surface area is 221 Å². The van der Waals surface area contributed by atoms with Gasteiger partial charge in [0.2, 0.25) is 11.9 Å². The predicted octanol–water partition coefficient (Wildman–Crippen LogP) is 2.49. The number of fused-ring (bicyclic) bond motifs is 1. The Bertz CT molecular complexity index is 1440. The summed E-state index contributed by atoms with van der Waals surface area (Å²) >= 11 is 1.56. The largest absolute Gasteiger partial charge is 0.396 e. The lowest BCUT2D eigenvalue weighted by molar-refractivity contribution is 0.0369. The fourth-order valence-corrected chi connectivity index (χ4v) is 5.28. The molecule has 5 rings (SSSR count). The van der Waals surface area contributed by atoms with Gasteiger partial charge in [-0.25, -0.2) is 29.8 Å². The average molecular weight is 540 g/mol. The van der Waals surface area contributed by atoms with Gasteiger partial charge in [-0.1, -0.05) is 12.1 Å².